The van der Waals surface area contributed by atoms with Crippen LogP contribution in [0.1, 0.15) is 12.5 Å². The first-order valence-electron chi connectivity index (χ1n) is 9.81. The van der Waals surface area contributed by atoms with Gasteiger partial charge in [0.25, 0.3) is 0 Å². The maximum atomic E-state index is 14.7. The molecule has 0 atom stereocenters. The second kappa shape index (κ2) is 8.56. The summed E-state index contributed by atoms with van der Waals surface area (Å²) in [4.78, 5) is 16.3. The molecule has 0 saturated heterocycles. The standard InChI is InChI=1S/C25H22NO3P/c1-2-29-25(27)24(17-19-18-26-23-16-10-9-15-22(19)23)30(28,20-11-5-3-6-12-20)21-13-7-4-8-14-21/h3-18,26H,2H2,1H3. The average Bonchev–Trinajstić information content (AvgIpc) is 3.21. The summed E-state index contributed by atoms with van der Waals surface area (Å²) < 4.78 is 20.1. The van der Waals surface area contributed by atoms with E-state index in [1.54, 1.807) is 37.3 Å². The molecular weight excluding hydrogens is 393 g/mol. The second-order valence-corrected chi connectivity index (χ2v) is 9.55. The topological polar surface area (TPSA) is 59.2 Å². The van der Waals surface area contributed by atoms with E-state index in [4.69, 9.17) is 4.74 Å². The number of rotatable bonds is 6. The maximum absolute atomic E-state index is 14.7. The van der Waals surface area contributed by atoms with Crippen LogP contribution in [0.3, 0.4) is 0 Å². The summed E-state index contributed by atoms with van der Waals surface area (Å²) in [5, 5.41) is 2.30. The number of hydrogen-bond donors (Lipinski definition) is 1. The van der Waals surface area contributed by atoms with Crippen LogP contribution in [-0.2, 0) is 14.1 Å². The van der Waals surface area contributed by atoms with Crippen LogP contribution in [0.25, 0.3) is 17.0 Å². The number of hydrogen-bond acceptors (Lipinski definition) is 3. The van der Waals surface area contributed by atoms with Crippen LogP contribution in [0.15, 0.2) is 96.4 Å². The Hall–Kier alpha value is -3.36. The number of nitrogens with one attached hydrogen (secondary N) is 1. The van der Waals surface area contributed by atoms with Crippen molar-refractivity contribution in [3.8, 4) is 0 Å². The molecular formula is C25H22NO3P. The van der Waals surface area contributed by atoms with Gasteiger partial charge >= 0.3 is 5.97 Å². The third-order valence-electron chi connectivity index (χ3n) is 4.98. The number of aromatic nitrogens is 1. The van der Waals surface area contributed by atoms with E-state index in [0.717, 1.165) is 16.5 Å². The molecule has 4 rings (SSSR count). The molecule has 0 radical (unpaired) electrons. The third-order valence-corrected chi connectivity index (χ3v) is 8.02. The molecule has 0 saturated carbocycles. The van der Waals surface area contributed by atoms with Crippen molar-refractivity contribution >= 4 is 40.7 Å². The average molecular weight is 415 g/mol. The quantitative estimate of drug-likeness (QED) is 0.271. The van der Waals surface area contributed by atoms with Crippen LogP contribution in [0.2, 0.25) is 0 Å². The molecule has 0 spiro atoms. The first-order chi connectivity index (χ1) is 14.6. The number of esters is 1. The molecule has 0 unspecified atom stereocenters. The van der Waals surface area contributed by atoms with Gasteiger partial charge in [-0.1, -0.05) is 78.9 Å². The van der Waals surface area contributed by atoms with E-state index in [1.807, 2.05) is 66.9 Å². The monoisotopic (exact) mass is 415 g/mol. The number of aromatic amines is 1. The zero-order chi connectivity index (χ0) is 21.0. The lowest BCUT2D eigenvalue weighted by atomic mass is 10.1. The fraction of sp³-hybridized carbons (Fsp3) is 0.0800. The van der Waals surface area contributed by atoms with E-state index in [0.29, 0.717) is 10.6 Å². The first kappa shape index (κ1) is 19.9. The van der Waals surface area contributed by atoms with Crippen LogP contribution in [-0.4, -0.2) is 17.6 Å². The smallest absolute Gasteiger partial charge is 0.342 e. The predicted molar refractivity (Wildman–Crippen MR) is 123 cm³/mol. The largest absolute Gasteiger partial charge is 0.462 e. The fourth-order valence-corrected chi connectivity index (χ4v) is 6.23. The first-order valence-corrected chi connectivity index (χ1v) is 11.5. The Morgan fingerprint density at radius 3 is 2.07 bits per heavy atom. The van der Waals surface area contributed by atoms with Crippen LogP contribution >= 0.6 is 7.14 Å². The number of benzene rings is 3. The highest BCUT2D eigenvalue weighted by atomic mass is 31.2. The van der Waals surface area contributed by atoms with Crippen molar-refractivity contribution in [3.63, 3.8) is 0 Å². The van der Waals surface area contributed by atoms with Gasteiger partial charge in [0.05, 0.1) is 6.61 Å². The Morgan fingerprint density at radius 1 is 0.900 bits per heavy atom. The van der Waals surface area contributed by atoms with Crippen LogP contribution in [0.5, 0.6) is 0 Å². The molecule has 4 aromatic rings. The number of carbonyl (C=O) groups excluding carboxylic acids is 1. The predicted octanol–water partition coefficient (Wildman–Crippen LogP) is 5.09. The highest BCUT2D eigenvalue weighted by Gasteiger charge is 2.37. The molecule has 0 aliphatic rings. The maximum Gasteiger partial charge on any atom is 0.342 e. The minimum atomic E-state index is -3.47. The van der Waals surface area contributed by atoms with Gasteiger partial charge in [-0.15, -0.1) is 0 Å². The normalized spacial score (nSPS) is 12.1. The zero-order valence-electron chi connectivity index (χ0n) is 16.6. The zero-order valence-corrected chi connectivity index (χ0v) is 17.5. The molecule has 1 N–H and O–H groups in total. The highest BCUT2D eigenvalue weighted by Crippen LogP contribution is 2.53. The molecule has 3 aromatic carbocycles. The van der Waals surface area contributed by atoms with Gasteiger partial charge in [0.2, 0.25) is 0 Å². The van der Waals surface area contributed by atoms with E-state index in [1.165, 1.54) is 0 Å². The molecule has 1 aromatic heterocycles. The van der Waals surface area contributed by atoms with Gasteiger partial charge in [0.1, 0.15) is 5.31 Å². The van der Waals surface area contributed by atoms with Crippen molar-refractivity contribution in [1.82, 2.24) is 4.98 Å². The number of H-pyrrole nitrogens is 1. The van der Waals surface area contributed by atoms with Crippen molar-refractivity contribution in [2.24, 2.45) is 0 Å². The number of fused-ring (bicyclic) bond motifs is 1. The van der Waals surface area contributed by atoms with E-state index >= 15 is 0 Å². The molecule has 150 valence electrons. The van der Waals surface area contributed by atoms with Crippen LogP contribution in [0.4, 0.5) is 0 Å². The minimum Gasteiger partial charge on any atom is -0.462 e. The van der Waals surface area contributed by atoms with Gasteiger partial charge in [-0.25, -0.2) is 4.79 Å². The molecule has 0 aliphatic carbocycles. The summed E-state index contributed by atoms with van der Waals surface area (Å²) >= 11 is 0. The van der Waals surface area contributed by atoms with E-state index in [9.17, 15) is 9.36 Å². The van der Waals surface area contributed by atoms with Crippen molar-refractivity contribution in [2.45, 2.75) is 6.92 Å². The Balaban J connectivity index is 2.00. The number of carbonyl (C=O) groups is 1. The Labute approximate surface area is 175 Å². The van der Waals surface area contributed by atoms with Crippen molar-refractivity contribution in [1.29, 1.82) is 0 Å². The van der Waals surface area contributed by atoms with E-state index < -0.39 is 13.1 Å². The van der Waals surface area contributed by atoms with Gasteiger partial charge in [0.15, 0.2) is 7.14 Å². The summed E-state index contributed by atoms with van der Waals surface area (Å²) in [5.74, 6) is -0.571. The van der Waals surface area contributed by atoms with E-state index in [-0.39, 0.29) is 11.9 Å². The minimum absolute atomic E-state index is 0.159. The van der Waals surface area contributed by atoms with E-state index in [2.05, 4.69) is 4.98 Å². The molecule has 4 nitrogen and oxygen atoms in total. The molecule has 0 fully saturated rings. The van der Waals surface area contributed by atoms with Gasteiger partial charge in [-0.2, -0.15) is 0 Å². The van der Waals surface area contributed by atoms with Crippen LogP contribution < -0.4 is 10.6 Å². The lowest BCUT2D eigenvalue weighted by Gasteiger charge is -2.21. The summed E-state index contributed by atoms with van der Waals surface area (Å²) in [6, 6.07) is 26.1. The van der Waals surface area contributed by atoms with Gasteiger partial charge < -0.3 is 14.3 Å². The Kier molecular flexibility index (Phi) is 5.69. The summed E-state index contributed by atoms with van der Waals surface area (Å²) in [5.41, 5.74) is 1.74. The summed E-state index contributed by atoms with van der Waals surface area (Å²) in [6.45, 7) is 1.95. The van der Waals surface area contributed by atoms with Crippen molar-refractivity contribution < 1.29 is 14.1 Å². The number of ether oxygens (including phenoxy) is 1. The fourth-order valence-electron chi connectivity index (χ4n) is 3.55. The second-order valence-electron chi connectivity index (χ2n) is 6.82. The SMILES string of the molecule is CCOC(=O)C(=Cc1c[nH]c2ccccc12)P(=O)(c1ccccc1)c1ccccc1. The number of para-hydroxylation sites is 1. The lowest BCUT2D eigenvalue weighted by Crippen LogP contribution is -2.22. The molecule has 0 bridgehead atoms. The summed E-state index contributed by atoms with van der Waals surface area (Å²) in [6.07, 6.45) is 3.53. The highest BCUT2D eigenvalue weighted by molar-refractivity contribution is 7.83. The Morgan fingerprint density at radius 2 is 1.47 bits per heavy atom. The third kappa shape index (κ3) is 3.62. The Bertz CT molecular complexity index is 1200. The molecule has 30 heavy (non-hydrogen) atoms. The van der Waals surface area contributed by atoms with Crippen LogP contribution in [0, 0.1) is 0 Å². The van der Waals surface area contributed by atoms with Gasteiger partial charge in [0, 0.05) is 33.3 Å². The molecule has 5 heteroatoms. The summed E-state index contributed by atoms with van der Waals surface area (Å²) in [7, 11) is -3.47. The van der Waals surface area contributed by atoms with Crippen molar-refractivity contribution in [2.75, 3.05) is 6.61 Å². The molecule has 1 heterocycles. The van der Waals surface area contributed by atoms with Gasteiger partial charge in [-0.3, -0.25) is 0 Å². The van der Waals surface area contributed by atoms with Gasteiger partial charge in [-0.05, 0) is 19.1 Å². The van der Waals surface area contributed by atoms with Crippen molar-refractivity contribution in [3.05, 3.63) is 102 Å². The lowest BCUT2D eigenvalue weighted by molar-refractivity contribution is -0.137. The molecule has 0 amide bonds. The molecule has 0 aliphatic heterocycles.